The van der Waals surface area contributed by atoms with E-state index in [4.69, 9.17) is 17.0 Å². The molecule has 0 saturated carbocycles. The summed E-state index contributed by atoms with van der Waals surface area (Å²) in [6.07, 6.45) is 5.96. The van der Waals surface area contributed by atoms with Crippen LogP contribution in [0.1, 0.15) is 5.56 Å². The van der Waals surface area contributed by atoms with Crippen molar-refractivity contribution in [2.24, 2.45) is 0 Å². The summed E-state index contributed by atoms with van der Waals surface area (Å²) >= 11 is 5.17. The molecule has 2 heteroatoms. The molecule has 0 heterocycles. The third-order valence-corrected chi connectivity index (χ3v) is 2.77. The average molecular weight is 216 g/mol. The standard InChI is InChI=1S/C13H12OS/c1-14-12-9-11(7-8-13(12)15)10-5-3-2-4-6-10/h2-9,12H,1H3. The molecule has 1 nitrogen and oxygen atoms in total. The van der Waals surface area contributed by atoms with E-state index >= 15 is 0 Å². The van der Waals surface area contributed by atoms with Gasteiger partial charge < -0.3 is 4.74 Å². The van der Waals surface area contributed by atoms with Crippen LogP contribution in [0.2, 0.25) is 0 Å². The maximum atomic E-state index is 5.29. The molecule has 1 aromatic rings. The van der Waals surface area contributed by atoms with Crippen molar-refractivity contribution < 1.29 is 4.74 Å². The molecule has 0 amide bonds. The fourth-order valence-electron chi connectivity index (χ4n) is 1.57. The Labute approximate surface area is 95.1 Å². The summed E-state index contributed by atoms with van der Waals surface area (Å²) in [5, 5.41) is 0. The monoisotopic (exact) mass is 216 g/mol. The first kappa shape index (κ1) is 10.3. The van der Waals surface area contributed by atoms with Crippen LogP contribution < -0.4 is 0 Å². The van der Waals surface area contributed by atoms with Gasteiger partial charge in [0.2, 0.25) is 0 Å². The zero-order valence-corrected chi connectivity index (χ0v) is 9.33. The quantitative estimate of drug-likeness (QED) is 0.703. The normalized spacial score (nSPS) is 20.2. The Morgan fingerprint density at radius 3 is 2.53 bits per heavy atom. The highest BCUT2D eigenvalue weighted by Crippen LogP contribution is 2.21. The molecule has 0 aromatic heterocycles. The lowest BCUT2D eigenvalue weighted by Gasteiger charge is -2.16. The van der Waals surface area contributed by atoms with Gasteiger partial charge in [0.1, 0.15) is 6.10 Å². The van der Waals surface area contributed by atoms with Crippen LogP contribution in [0.4, 0.5) is 0 Å². The van der Waals surface area contributed by atoms with Crippen LogP contribution in [-0.2, 0) is 4.74 Å². The van der Waals surface area contributed by atoms with Crippen molar-refractivity contribution >= 4 is 22.7 Å². The molecule has 0 N–H and O–H groups in total. The van der Waals surface area contributed by atoms with Crippen molar-refractivity contribution in [3.63, 3.8) is 0 Å². The smallest absolute Gasteiger partial charge is 0.111 e. The molecule has 0 spiro atoms. The Morgan fingerprint density at radius 1 is 1.13 bits per heavy atom. The molecule has 1 unspecified atom stereocenters. The predicted molar refractivity (Wildman–Crippen MR) is 67.0 cm³/mol. The van der Waals surface area contributed by atoms with Crippen molar-refractivity contribution in [2.45, 2.75) is 6.10 Å². The Bertz CT molecular complexity index is 417. The van der Waals surface area contributed by atoms with Gasteiger partial charge >= 0.3 is 0 Å². The number of allylic oxidation sites excluding steroid dienone is 2. The molecular formula is C13H12OS. The van der Waals surface area contributed by atoms with E-state index < -0.39 is 0 Å². The van der Waals surface area contributed by atoms with Gasteiger partial charge in [-0.15, -0.1) is 0 Å². The second kappa shape index (κ2) is 4.51. The van der Waals surface area contributed by atoms with E-state index in [1.807, 2.05) is 30.4 Å². The first-order chi connectivity index (χ1) is 7.31. The minimum absolute atomic E-state index is 0.0693. The molecule has 0 radical (unpaired) electrons. The second-order valence-corrected chi connectivity index (χ2v) is 3.85. The number of thiocarbonyl (C=S) groups is 1. The summed E-state index contributed by atoms with van der Waals surface area (Å²) < 4.78 is 5.29. The van der Waals surface area contributed by atoms with Crippen LogP contribution in [0.15, 0.2) is 48.6 Å². The topological polar surface area (TPSA) is 9.23 Å². The minimum atomic E-state index is -0.0693. The van der Waals surface area contributed by atoms with Gasteiger partial charge in [0.15, 0.2) is 0 Å². The molecule has 2 rings (SSSR count). The number of hydrogen-bond acceptors (Lipinski definition) is 2. The van der Waals surface area contributed by atoms with Crippen molar-refractivity contribution in [1.82, 2.24) is 0 Å². The molecular weight excluding hydrogens is 204 g/mol. The van der Waals surface area contributed by atoms with Gasteiger partial charge in [0.25, 0.3) is 0 Å². The highest BCUT2D eigenvalue weighted by Gasteiger charge is 2.13. The summed E-state index contributed by atoms with van der Waals surface area (Å²) in [5.74, 6) is 0. The fourth-order valence-corrected chi connectivity index (χ4v) is 1.81. The Balaban J connectivity index is 2.32. The van der Waals surface area contributed by atoms with Gasteiger partial charge in [-0.25, -0.2) is 0 Å². The maximum Gasteiger partial charge on any atom is 0.111 e. The van der Waals surface area contributed by atoms with Gasteiger partial charge in [-0.05, 0) is 23.3 Å². The van der Waals surface area contributed by atoms with E-state index in [1.54, 1.807) is 7.11 Å². The SMILES string of the molecule is COC1C=C(c2ccccc2)C=CC1=S. The van der Waals surface area contributed by atoms with Crippen molar-refractivity contribution in [3.8, 4) is 0 Å². The van der Waals surface area contributed by atoms with Gasteiger partial charge in [-0.3, -0.25) is 0 Å². The third kappa shape index (κ3) is 2.22. The lowest BCUT2D eigenvalue weighted by molar-refractivity contribution is 0.194. The van der Waals surface area contributed by atoms with Crippen LogP contribution in [0.3, 0.4) is 0 Å². The van der Waals surface area contributed by atoms with Crippen LogP contribution in [-0.4, -0.2) is 18.1 Å². The molecule has 1 aliphatic carbocycles. The maximum absolute atomic E-state index is 5.29. The van der Waals surface area contributed by atoms with E-state index in [0.29, 0.717) is 0 Å². The average Bonchev–Trinajstić information content (AvgIpc) is 2.31. The molecule has 0 fully saturated rings. The highest BCUT2D eigenvalue weighted by molar-refractivity contribution is 7.80. The fraction of sp³-hybridized carbons (Fsp3) is 0.154. The van der Waals surface area contributed by atoms with Crippen LogP contribution in [0.25, 0.3) is 5.57 Å². The molecule has 1 aliphatic rings. The number of benzene rings is 1. The summed E-state index contributed by atoms with van der Waals surface area (Å²) in [6, 6.07) is 10.2. The molecule has 76 valence electrons. The van der Waals surface area contributed by atoms with Gasteiger partial charge in [0, 0.05) is 12.0 Å². The molecule has 0 bridgehead atoms. The summed E-state index contributed by atoms with van der Waals surface area (Å²) in [5.41, 5.74) is 2.36. The molecule has 1 aromatic carbocycles. The Kier molecular flexibility index (Phi) is 3.09. The molecule has 0 saturated heterocycles. The first-order valence-electron chi connectivity index (χ1n) is 4.83. The van der Waals surface area contributed by atoms with E-state index in [-0.39, 0.29) is 6.10 Å². The number of hydrogen-bond donors (Lipinski definition) is 0. The Morgan fingerprint density at radius 2 is 1.87 bits per heavy atom. The number of methoxy groups -OCH3 is 1. The van der Waals surface area contributed by atoms with Crippen molar-refractivity contribution in [2.75, 3.05) is 7.11 Å². The molecule has 15 heavy (non-hydrogen) atoms. The van der Waals surface area contributed by atoms with E-state index in [9.17, 15) is 0 Å². The summed E-state index contributed by atoms with van der Waals surface area (Å²) in [6.45, 7) is 0. The lowest BCUT2D eigenvalue weighted by atomic mass is 9.98. The molecule has 0 aliphatic heterocycles. The van der Waals surface area contributed by atoms with E-state index in [2.05, 4.69) is 18.2 Å². The van der Waals surface area contributed by atoms with Gasteiger partial charge in [-0.1, -0.05) is 48.6 Å². The highest BCUT2D eigenvalue weighted by atomic mass is 32.1. The minimum Gasteiger partial charge on any atom is -0.372 e. The Hall–Kier alpha value is -1.25. The molecule has 1 atom stereocenters. The van der Waals surface area contributed by atoms with Crippen molar-refractivity contribution in [1.29, 1.82) is 0 Å². The number of rotatable bonds is 2. The second-order valence-electron chi connectivity index (χ2n) is 3.38. The lowest BCUT2D eigenvalue weighted by Crippen LogP contribution is -2.19. The van der Waals surface area contributed by atoms with Crippen molar-refractivity contribution in [3.05, 3.63) is 54.1 Å². The van der Waals surface area contributed by atoms with Crippen LogP contribution >= 0.6 is 12.2 Å². The first-order valence-corrected chi connectivity index (χ1v) is 5.24. The third-order valence-electron chi connectivity index (χ3n) is 2.40. The van der Waals surface area contributed by atoms with E-state index in [0.717, 1.165) is 10.4 Å². The largest absolute Gasteiger partial charge is 0.372 e. The number of ether oxygens (including phenoxy) is 1. The van der Waals surface area contributed by atoms with E-state index in [1.165, 1.54) is 5.56 Å². The summed E-state index contributed by atoms with van der Waals surface area (Å²) in [4.78, 5) is 0.831. The predicted octanol–water partition coefficient (Wildman–Crippen LogP) is 3.02. The van der Waals surface area contributed by atoms with Crippen LogP contribution in [0, 0.1) is 0 Å². The van der Waals surface area contributed by atoms with Crippen LogP contribution in [0.5, 0.6) is 0 Å². The zero-order valence-electron chi connectivity index (χ0n) is 8.51. The van der Waals surface area contributed by atoms with Gasteiger partial charge in [-0.2, -0.15) is 0 Å². The summed E-state index contributed by atoms with van der Waals surface area (Å²) in [7, 11) is 1.68. The van der Waals surface area contributed by atoms with Gasteiger partial charge in [0.05, 0.1) is 0 Å². The zero-order chi connectivity index (χ0) is 10.7.